The summed E-state index contributed by atoms with van der Waals surface area (Å²) in [6.45, 7) is 11.5. The fourth-order valence-electron chi connectivity index (χ4n) is 2.58. The molecule has 0 aromatic carbocycles. The van der Waals surface area contributed by atoms with Crippen LogP contribution in [0.4, 0.5) is 0 Å². The van der Waals surface area contributed by atoms with Crippen LogP contribution < -0.4 is 5.73 Å². The van der Waals surface area contributed by atoms with Gasteiger partial charge in [0.2, 0.25) is 0 Å². The van der Waals surface area contributed by atoms with Gasteiger partial charge >= 0.3 is 0 Å². The van der Waals surface area contributed by atoms with Gasteiger partial charge in [0, 0.05) is 31.7 Å². The Bertz CT molecular complexity index is 211. The van der Waals surface area contributed by atoms with Gasteiger partial charge in [-0.05, 0) is 38.8 Å². The van der Waals surface area contributed by atoms with Gasteiger partial charge in [0.05, 0.1) is 6.61 Å². The third-order valence-corrected chi connectivity index (χ3v) is 4.17. The average molecular weight is 257 g/mol. The van der Waals surface area contributed by atoms with E-state index in [0.717, 1.165) is 25.8 Å². The molecule has 1 aliphatic rings. The van der Waals surface area contributed by atoms with E-state index >= 15 is 0 Å². The molecule has 1 rings (SSSR count). The molecule has 4 heteroatoms. The van der Waals surface area contributed by atoms with Crippen LogP contribution in [0, 0.1) is 0 Å². The summed E-state index contributed by atoms with van der Waals surface area (Å²) in [5.41, 5.74) is 5.74. The third kappa shape index (κ3) is 5.22. The first-order chi connectivity index (χ1) is 8.63. The lowest BCUT2D eigenvalue weighted by atomic mass is 9.92. The maximum absolute atomic E-state index is 9.27. The highest BCUT2D eigenvalue weighted by molar-refractivity contribution is 4.82. The standard InChI is InChI=1S/C14H31N3O/c1-3-7-16-9-11-17(12-10-16)8-5-6-14(15,4-2)13-18/h18H,3-13,15H2,1-2H3. The van der Waals surface area contributed by atoms with Gasteiger partial charge in [-0.25, -0.2) is 0 Å². The largest absolute Gasteiger partial charge is 0.394 e. The molecule has 0 aromatic rings. The average Bonchev–Trinajstić information content (AvgIpc) is 2.41. The zero-order valence-electron chi connectivity index (χ0n) is 12.2. The Balaban J connectivity index is 2.14. The molecule has 18 heavy (non-hydrogen) atoms. The van der Waals surface area contributed by atoms with Crippen LogP contribution in [-0.2, 0) is 0 Å². The van der Waals surface area contributed by atoms with E-state index < -0.39 is 0 Å². The summed E-state index contributed by atoms with van der Waals surface area (Å²) in [7, 11) is 0. The first kappa shape index (κ1) is 15.9. The van der Waals surface area contributed by atoms with E-state index in [1.165, 1.54) is 39.1 Å². The van der Waals surface area contributed by atoms with E-state index in [2.05, 4.69) is 23.6 Å². The lowest BCUT2D eigenvalue weighted by Gasteiger charge is -2.35. The summed E-state index contributed by atoms with van der Waals surface area (Å²) in [6, 6.07) is 0. The van der Waals surface area contributed by atoms with Crippen molar-refractivity contribution in [3.05, 3.63) is 0 Å². The Morgan fingerprint density at radius 1 is 1.06 bits per heavy atom. The van der Waals surface area contributed by atoms with Crippen LogP contribution in [0.5, 0.6) is 0 Å². The minimum absolute atomic E-state index is 0.105. The molecule has 0 aromatic heterocycles. The number of aliphatic hydroxyl groups is 1. The van der Waals surface area contributed by atoms with Crippen molar-refractivity contribution in [1.29, 1.82) is 0 Å². The predicted molar refractivity (Wildman–Crippen MR) is 76.7 cm³/mol. The van der Waals surface area contributed by atoms with E-state index in [1.54, 1.807) is 0 Å². The van der Waals surface area contributed by atoms with Crippen LogP contribution in [-0.4, -0.2) is 66.3 Å². The molecule has 1 saturated heterocycles. The normalized spacial score (nSPS) is 22.0. The molecule has 1 fully saturated rings. The van der Waals surface area contributed by atoms with Gasteiger partial charge in [-0.15, -0.1) is 0 Å². The summed E-state index contributed by atoms with van der Waals surface area (Å²) >= 11 is 0. The number of piperazine rings is 1. The molecule has 0 bridgehead atoms. The molecule has 1 atom stereocenters. The molecule has 3 N–H and O–H groups in total. The zero-order chi connectivity index (χ0) is 13.4. The van der Waals surface area contributed by atoms with Gasteiger partial charge in [-0.3, -0.25) is 0 Å². The van der Waals surface area contributed by atoms with Gasteiger partial charge in [0.25, 0.3) is 0 Å². The predicted octanol–water partition coefficient (Wildman–Crippen LogP) is 0.894. The van der Waals surface area contributed by atoms with Crippen molar-refractivity contribution in [2.45, 2.75) is 45.1 Å². The molecule has 108 valence electrons. The second kappa shape index (κ2) is 8.10. The highest BCUT2D eigenvalue weighted by atomic mass is 16.3. The van der Waals surface area contributed by atoms with E-state index in [0.29, 0.717) is 0 Å². The van der Waals surface area contributed by atoms with E-state index in [1.807, 2.05) is 0 Å². The van der Waals surface area contributed by atoms with Crippen molar-refractivity contribution in [3.8, 4) is 0 Å². The van der Waals surface area contributed by atoms with Crippen molar-refractivity contribution in [2.75, 3.05) is 45.9 Å². The summed E-state index contributed by atoms with van der Waals surface area (Å²) in [5.74, 6) is 0. The molecule has 0 aliphatic carbocycles. The van der Waals surface area contributed by atoms with Crippen molar-refractivity contribution >= 4 is 0 Å². The van der Waals surface area contributed by atoms with Crippen molar-refractivity contribution in [1.82, 2.24) is 9.80 Å². The summed E-state index contributed by atoms with van der Waals surface area (Å²) < 4.78 is 0. The van der Waals surface area contributed by atoms with Crippen molar-refractivity contribution < 1.29 is 5.11 Å². The van der Waals surface area contributed by atoms with E-state index in [4.69, 9.17) is 5.73 Å². The number of hydrogen-bond donors (Lipinski definition) is 2. The lowest BCUT2D eigenvalue weighted by molar-refractivity contribution is 0.123. The molecular formula is C14H31N3O. The quantitative estimate of drug-likeness (QED) is 0.678. The Kier molecular flexibility index (Phi) is 7.15. The number of nitrogens with zero attached hydrogens (tertiary/aromatic N) is 2. The second-order valence-electron chi connectivity index (χ2n) is 5.66. The van der Waals surface area contributed by atoms with Crippen LogP contribution in [0.15, 0.2) is 0 Å². The maximum atomic E-state index is 9.27. The third-order valence-electron chi connectivity index (χ3n) is 4.17. The van der Waals surface area contributed by atoms with Gasteiger partial charge < -0.3 is 20.6 Å². The van der Waals surface area contributed by atoms with Crippen LogP contribution in [0.3, 0.4) is 0 Å². The topological polar surface area (TPSA) is 52.7 Å². The van der Waals surface area contributed by atoms with Gasteiger partial charge in [0.1, 0.15) is 0 Å². The number of nitrogens with two attached hydrogens (primary N) is 1. The maximum Gasteiger partial charge on any atom is 0.0611 e. The second-order valence-corrected chi connectivity index (χ2v) is 5.66. The smallest absolute Gasteiger partial charge is 0.0611 e. The molecule has 4 nitrogen and oxygen atoms in total. The molecule has 1 heterocycles. The Hall–Kier alpha value is -0.160. The summed E-state index contributed by atoms with van der Waals surface area (Å²) in [4.78, 5) is 5.07. The van der Waals surface area contributed by atoms with Crippen LogP contribution >= 0.6 is 0 Å². The Labute approximate surface area is 112 Å². The first-order valence-electron chi connectivity index (χ1n) is 7.48. The number of hydrogen-bond acceptors (Lipinski definition) is 4. The van der Waals surface area contributed by atoms with Crippen molar-refractivity contribution in [2.24, 2.45) is 5.73 Å². The minimum atomic E-state index is -0.357. The fraction of sp³-hybridized carbons (Fsp3) is 1.00. The Morgan fingerprint density at radius 2 is 1.61 bits per heavy atom. The van der Waals surface area contributed by atoms with Gasteiger partial charge in [0.15, 0.2) is 0 Å². The van der Waals surface area contributed by atoms with Crippen LogP contribution in [0.25, 0.3) is 0 Å². The van der Waals surface area contributed by atoms with E-state index in [9.17, 15) is 5.11 Å². The van der Waals surface area contributed by atoms with Gasteiger partial charge in [-0.1, -0.05) is 13.8 Å². The number of rotatable bonds is 8. The zero-order valence-corrected chi connectivity index (χ0v) is 12.2. The van der Waals surface area contributed by atoms with Gasteiger partial charge in [-0.2, -0.15) is 0 Å². The van der Waals surface area contributed by atoms with Crippen LogP contribution in [0.1, 0.15) is 39.5 Å². The monoisotopic (exact) mass is 257 g/mol. The first-order valence-corrected chi connectivity index (χ1v) is 7.48. The SMILES string of the molecule is CCCN1CCN(CCCC(N)(CC)CO)CC1. The molecule has 0 amide bonds. The highest BCUT2D eigenvalue weighted by Crippen LogP contribution is 2.14. The fourth-order valence-corrected chi connectivity index (χ4v) is 2.58. The summed E-state index contributed by atoms with van der Waals surface area (Å²) in [5, 5.41) is 9.27. The lowest BCUT2D eigenvalue weighted by Crippen LogP contribution is -2.47. The molecular weight excluding hydrogens is 226 g/mol. The molecule has 1 unspecified atom stereocenters. The Morgan fingerprint density at radius 3 is 2.06 bits per heavy atom. The molecule has 0 radical (unpaired) electrons. The molecule has 0 saturated carbocycles. The van der Waals surface area contributed by atoms with E-state index in [-0.39, 0.29) is 12.1 Å². The van der Waals surface area contributed by atoms with Crippen molar-refractivity contribution in [3.63, 3.8) is 0 Å². The molecule has 1 aliphatic heterocycles. The number of aliphatic hydroxyl groups excluding tert-OH is 1. The van der Waals surface area contributed by atoms with Crippen LogP contribution in [0.2, 0.25) is 0 Å². The summed E-state index contributed by atoms with van der Waals surface area (Å²) in [6.07, 6.45) is 4.13. The molecule has 0 spiro atoms. The minimum Gasteiger partial charge on any atom is -0.394 e. The highest BCUT2D eigenvalue weighted by Gasteiger charge is 2.22.